The molecule has 0 nitrogen and oxygen atoms in total. The number of allylic oxidation sites excluding steroid dienone is 4. The van der Waals surface area contributed by atoms with Crippen molar-refractivity contribution in [3.8, 4) is 11.1 Å². The zero-order valence-corrected chi connectivity index (χ0v) is 19.6. The lowest BCUT2D eigenvalue weighted by atomic mass is 9.67. The van der Waals surface area contributed by atoms with E-state index in [2.05, 4.69) is 101 Å². The molecule has 1 atom stereocenters. The minimum atomic E-state index is -0.0860. The molecule has 4 aromatic carbocycles. The molecule has 0 saturated carbocycles. The summed E-state index contributed by atoms with van der Waals surface area (Å²) in [4.78, 5) is 0. The van der Waals surface area contributed by atoms with Gasteiger partial charge in [0.05, 0.1) is 0 Å². The Balaban J connectivity index is 1.81. The molecule has 0 aromatic heterocycles. The molecule has 0 N–H and O–H groups in total. The lowest BCUT2D eigenvalue weighted by Crippen LogP contribution is -2.26. The number of hydrogen-bond acceptors (Lipinski definition) is 0. The molecule has 0 fully saturated rings. The van der Waals surface area contributed by atoms with Crippen molar-refractivity contribution in [1.82, 2.24) is 0 Å². The van der Waals surface area contributed by atoms with E-state index < -0.39 is 0 Å². The Bertz CT molecular complexity index is 1590. The van der Waals surface area contributed by atoms with E-state index in [9.17, 15) is 0 Å². The summed E-state index contributed by atoms with van der Waals surface area (Å²) in [7, 11) is 0. The first-order chi connectivity index (χ1) is 15.3. The second kappa shape index (κ2) is 5.62. The standard InChI is InChI=1S/C32H28/c1-18-14-19(2)17-32(16-18)25-13-12-21-9-7-11-24-27(21)28(25)29-26(31(24,4)5)15-23-20(3)8-6-10-22(23)30(29)32/h6-16H,17H2,1-5H3. The maximum absolute atomic E-state index is 2.57. The normalized spacial score (nSPS) is 21.9. The zero-order chi connectivity index (χ0) is 22.0. The van der Waals surface area contributed by atoms with Crippen molar-refractivity contribution in [3.05, 3.63) is 106 Å². The van der Waals surface area contributed by atoms with Gasteiger partial charge in [-0.15, -0.1) is 0 Å². The van der Waals surface area contributed by atoms with Gasteiger partial charge in [0.1, 0.15) is 0 Å². The molecule has 32 heavy (non-hydrogen) atoms. The van der Waals surface area contributed by atoms with E-state index in [0.717, 1.165) is 6.42 Å². The van der Waals surface area contributed by atoms with Crippen molar-refractivity contribution in [1.29, 1.82) is 0 Å². The van der Waals surface area contributed by atoms with Crippen LogP contribution in [0, 0.1) is 6.92 Å². The highest BCUT2D eigenvalue weighted by Crippen LogP contribution is 2.63. The van der Waals surface area contributed by atoms with E-state index in [4.69, 9.17) is 0 Å². The average molecular weight is 413 g/mol. The van der Waals surface area contributed by atoms with Gasteiger partial charge < -0.3 is 0 Å². The molecule has 0 radical (unpaired) electrons. The maximum Gasteiger partial charge on any atom is 0.0443 e. The van der Waals surface area contributed by atoms with Crippen LogP contribution < -0.4 is 0 Å². The molecule has 4 aromatic rings. The molecule has 1 unspecified atom stereocenters. The summed E-state index contributed by atoms with van der Waals surface area (Å²) < 4.78 is 0. The molecular weight excluding hydrogens is 384 g/mol. The van der Waals surface area contributed by atoms with E-state index in [-0.39, 0.29) is 10.8 Å². The van der Waals surface area contributed by atoms with Crippen molar-refractivity contribution in [2.24, 2.45) is 0 Å². The summed E-state index contributed by atoms with van der Waals surface area (Å²) in [6, 6.07) is 21.1. The summed E-state index contributed by atoms with van der Waals surface area (Å²) >= 11 is 0. The second-order valence-electron chi connectivity index (χ2n) is 10.9. The topological polar surface area (TPSA) is 0 Å². The van der Waals surface area contributed by atoms with Gasteiger partial charge in [-0.25, -0.2) is 0 Å². The summed E-state index contributed by atoms with van der Waals surface area (Å²) in [5.74, 6) is 0. The molecule has 7 rings (SSSR count). The fourth-order valence-electron chi connectivity index (χ4n) is 7.30. The van der Waals surface area contributed by atoms with Crippen LogP contribution in [0.25, 0.3) is 32.7 Å². The first-order valence-corrected chi connectivity index (χ1v) is 11.8. The van der Waals surface area contributed by atoms with Crippen LogP contribution in [-0.2, 0) is 10.8 Å². The number of benzene rings is 4. The third-order valence-corrected chi connectivity index (χ3v) is 8.48. The molecule has 3 aliphatic rings. The van der Waals surface area contributed by atoms with Crippen LogP contribution in [0.3, 0.4) is 0 Å². The average Bonchev–Trinajstić information content (AvgIpc) is 3.01. The lowest BCUT2D eigenvalue weighted by molar-refractivity contribution is 0.634. The minimum Gasteiger partial charge on any atom is -0.0715 e. The Morgan fingerprint density at radius 3 is 2.38 bits per heavy atom. The SMILES string of the molecule is CC1=CC2(CC(C)=C1)c1ccc3cccc4c3c1-c1c(cc3c(C)cccc3c12)C4(C)C. The van der Waals surface area contributed by atoms with Gasteiger partial charge in [0, 0.05) is 10.8 Å². The van der Waals surface area contributed by atoms with Crippen LogP contribution >= 0.6 is 0 Å². The molecule has 3 aliphatic carbocycles. The van der Waals surface area contributed by atoms with E-state index in [1.165, 1.54) is 66.1 Å². The van der Waals surface area contributed by atoms with Gasteiger partial charge in [-0.3, -0.25) is 0 Å². The van der Waals surface area contributed by atoms with Crippen molar-refractivity contribution >= 4 is 21.5 Å². The van der Waals surface area contributed by atoms with E-state index in [0.29, 0.717) is 0 Å². The Labute approximate surface area is 190 Å². The molecule has 0 amide bonds. The van der Waals surface area contributed by atoms with E-state index >= 15 is 0 Å². The largest absolute Gasteiger partial charge is 0.0715 e. The molecular formula is C32H28. The molecule has 0 bridgehead atoms. The summed E-state index contributed by atoms with van der Waals surface area (Å²) in [5, 5.41) is 5.69. The molecule has 0 saturated heterocycles. The first-order valence-electron chi connectivity index (χ1n) is 11.8. The van der Waals surface area contributed by atoms with Crippen molar-refractivity contribution in [2.75, 3.05) is 0 Å². The smallest absolute Gasteiger partial charge is 0.0443 e. The number of aryl methyl sites for hydroxylation is 1. The first kappa shape index (κ1) is 18.5. The van der Waals surface area contributed by atoms with Crippen molar-refractivity contribution < 1.29 is 0 Å². The molecule has 0 heteroatoms. The summed E-state index contributed by atoms with van der Waals surface area (Å²) in [6.45, 7) is 11.7. The third kappa shape index (κ3) is 1.96. The van der Waals surface area contributed by atoms with Gasteiger partial charge in [0.2, 0.25) is 0 Å². The van der Waals surface area contributed by atoms with Crippen LogP contribution in [0.5, 0.6) is 0 Å². The van der Waals surface area contributed by atoms with Crippen LogP contribution in [0.1, 0.15) is 61.9 Å². The predicted octanol–water partition coefficient (Wildman–Crippen LogP) is 8.50. The number of fused-ring (bicyclic) bond motifs is 4. The maximum atomic E-state index is 2.57. The fraction of sp³-hybridized carbons (Fsp3) is 0.250. The van der Waals surface area contributed by atoms with Gasteiger partial charge in [0.15, 0.2) is 0 Å². The summed E-state index contributed by atoms with van der Waals surface area (Å²) in [6.07, 6.45) is 6.00. The molecule has 156 valence electrons. The highest BCUT2D eigenvalue weighted by Gasteiger charge is 2.49. The molecule has 1 spiro atoms. The Morgan fingerprint density at radius 2 is 1.56 bits per heavy atom. The fourth-order valence-corrected chi connectivity index (χ4v) is 7.30. The minimum absolute atomic E-state index is 0.0322. The van der Waals surface area contributed by atoms with E-state index in [1.807, 2.05) is 0 Å². The van der Waals surface area contributed by atoms with E-state index in [1.54, 1.807) is 5.56 Å². The summed E-state index contributed by atoms with van der Waals surface area (Å²) in [5.41, 5.74) is 13.2. The zero-order valence-electron chi connectivity index (χ0n) is 19.6. The van der Waals surface area contributed by atoms with Crippen LogP contribution in [0.2, 0.25) is 0 Å². The molecule has 0 aliphatic heterocycles. The van der Waals surface area contributed by atoms with Gasteiger partial charge in [-0.05, 0) is 93.7 Å². The van der Waals surface area contributed by atoms with Crippen LogP contribution in [-0.4, -0.2) is 0 Å². The Hall–Kier alpha value is -3.12. The van der Waals surface area contributed by atoms with Gasteiger partial charge in [-0.2, -0.15) is 0 Å². The van der Waals surface area contributed by atoms with Crippen molar-refractivity contribution in [2.45, 2.75) is 51.9 Å². The Kier molecular flexibility index (Phi) is 3.24. The van der Waals surface area contributed by atoms with Crippen LogP contribution in [0.15, 0.2) is 77.9 Å². The van der Waals surface area contributed by atoms with Crippen molar-refractivity contribution in [3.63, 3.8) is 0 Å². The van der Waals surface area contributed by atoms with Gasteiger partial charge in [0.25, 0.3) is 0 Å². The molecule has 0 heterocycles. The Morgan fingerprint density at radius 1 is 0.750 bits per heavy atom. The van der Waals surface area contributed by atoms with Gasteiger partial charge >= 0.3 is 0 Å². The number of hydrogen-bond donors (Lipinski definition) is 0. The monoisotopic (exact) mass is 412 g/mol. The quantitative estimate of drug-likeness (QED) is 0.271. The number of rotatable bonds is 0. The van der Waals surface area contributed by atoms with Gasteiger partial charge in [-0.1, -0.05) is 85.7 Å². The predicted molar refractivity (Wildman–Crippen MR) is 137 cm³/mol. The third-order valence-electron chi connectivity index (χ3n) is 8.48. The highest BCUT2D eigenvalue weighted by molar-refractivity contribution is 6.12. The second-order valence-corrected chi connectivity index (χ2v) is 10.9. The lowest BCUT2D eigenvalue weighted by Gasteiger charge is -2.36. The highest BCUT2D eigenvalue weighted by atomic mass is 14.5. The van der Waals surface area contributed by atoms with Crippen LogP contribution in [0.4, 0.5) is 0 Å².